The van der Waals surface area contributed by atoms with Crippen molar-refractivity contribution in [2.24, 2.45) is 0 Å². The predicted molar refractivity (Wildman–Crippen MR) is 119 cm³/mol. The minimum atomic E-state index is -4.57. The van der Waals surface area contributed by atoms with Gasteiger partial charge in [0.15, 0.2) is 11.3 Å². The SMILES string of the molecule is Cc1cc(NC(=O)c2cnc3ccc(-c4ccccc4C(F)(F)F)nn23)cc(OC[C@@H](O)CO)n1. The van der Waals surface area contributed by atoms with Gasteiger partial charge in [0, 0.05) is 23.0 Å². The summed E-state index contributed by atoms with van der Waals surface area (Å²) in [5.74, 6) is -0.492. The second-order valence-corrected chi connectivity index (χ2v) is 7.61. The number of ether oxygens (including phenoxy) is 1. The predicted octanol–water partition coefficient (Wildman–Crippen LogP) is 3.10. The molecule has 0 saturated carbocycles. The molecule has 0 fully saturated rings. The van der Waals surface area contributed by atoms with E-state index in [1.807, 2.05) is 0 Å². The average Bonchev–Trinajstić information content (AvgIpc) is 3.25. The largest absolute Gasteiger partial charge is 0.475 e. The molecule has 0 aliphatic rings. The van der Waals surface area contributed by atoms with Gasteiger partial charge >= 0.3 is 6.18 Å². The lowest BCUT2D eigenvalue weighted by atomic mass is 10.0. The summed E-state index contributed by atoms with van der Waals surface area (Å²) >= 11 is 0. The molecule has 0 spiro atoms. The summed E-state index contributed by atoms with van der Waals surface area (Å²) in [4.78, 5) is 21.2. The third kappa shape index (κ3) is 5.39. The van der Waals surface area contributed by atoms with Gasteiger partial charge in [-0.15, -0.1) is 0 Å². The van der Waals surface area contributed by atoms with Gasteiger partial charge in [0.25, 0.3) is 5.91 Å². The van der Waals surface area contributed by atoms with Gasteiger partial charge in [0.1, 0.15) is 12.7 Å². The Morgan fingerprint density at radius 1 is 1.20 bits per heavy atom. The highest BCUT2D eigenvalue weighted by Gasteiger charge is 2.33. The van der Waals surface area contributed by atoms with E-state index >= 15 is 0 Å². The van der Waals surface area contributed by atoms with E-state index in [1.165, 1.54) is 47.1 Å². The lowest BCUT2D eigenvalue weighted by Gasteiger charge is -2.13. The van der Waals surface area contributed by atoms with Crippen molar-refractivity contribution in [3.8, 4) is 17.1 Å². The number of aliphatic hydroxyl groups is 2. The van der Waals surface area contributed by atoms with Crippen LogP contribution in [0.3, 0.4) is 0 Å². The Labute approximate surface area is 196 Å². The fourth-order valence-corrected chi connectivity index (χ4v) is 3.34. The molecule has 0 bridgehead atoms. The number of anilines is 1. The second kappa shape index (κ2) is 9.68. The molecule has 0 aliphatic carbocycles. The molecular formula is C23H20F3N5O4. The van der Waals surface area contributed by atoms with Gasteiger partial charge in [-0.2, -0.15) is 18.3 Å². The summed E-state index contributed by atoms with van der Waals surface area (Å²) in [6.07, 6.45) is -4.40. The monoisotopic (exact) mass is 487 g/mol. The van der Waals surface area contributed by atoms with Crippen LogP contribution in [0.25, 0.3) is 16.9 Å². The van der Waals surface area contributed by atoms with Crippen molar-refractivity contribution in [3.63, 3.8) is 0 Å². The Kier molecular flexibility index (Phi) is 6.67. The van der Waals surface area contributed by atoms with Gasteiger partial charge in [-0.25, -0.2) is 14.5 Å². The molecule has 0 saturated heterocycles. The van der Waals surface area contributed by atoms with Crippen LogP contribution in [0.2, 0.25) is 0 Å². The zero-order valence-corrected chi connectivity index (χ0v) is 18.3. The number of nitrogens with zero attached hydrogens (tertiary/aromatic N) is 4. The molecule has 12 heteroatoms. The average molecular weight is 487 g/mol. The Balaban J connectivity index is 1.63. The van der Waals surface area contributed by atoms with Gasteiger partial charge in [0.05, 0.1) is 24.1 Å². The topological polar surface area (TPSA) is 122 Å². The Morgan fingerprint density at radius 2 is 1.97 bits per heavy atom. The Morgan fingerprint density at radius 3 is 2.71 bits per heavy atom. The van der Waals surface area contributed by atoms with Crippen LogP contribution in [0.15, 0.2) is 54.7 Å². The van der Waals surface area contributed by atoms with Crippen molar-refractivity contribution in [3.05, 3.63) is 71.7 Å². The number of carbonyl (C=O) groups excluding carboxylic acids is 1. The lowest BCUT2D eigenvalue weighted by molar-refractivity contribution is -0.137. The molecule has 1 aromatic carbocycles. The van der Waals surface area contributed by atoms with Crippen molar-refractivity contribution < 1.29 is 32.9 Å². The molecule has 4 rings (SSSR count). The number of hydrogen-bond donors (Lipinski definition) is 3. The van der Waals surface area contributed by atoms with Gasteiger partial charge in [0.2, 0.25) is 5.88 Å². The molecule has 1 amide bonds. The first kappa shape index (κ1) is 24.1. The van der Waals surface area contributed by atoms with Crippen molar-refractivity contribution >= 4 is 17.2 Å². The molecule has 35 heavy (non-hydrogen) atoms. The number of nitrogens with one attached hydrogen (secondary N) is 1. The summed E-state index contributed by atoms with van der Waals surface area (Å²) in [5.41, 5.74) is 0.163. The summed E-state index contributed by atoms with van der Waals surface area (Å²) < 4.78 is 46.9. The van der Waals surface area contributed by atoms with E-state index in [0.29, 0.717) is 11.4 Å². The maximum absolute atomic E-state index is 13.5. The number of rotatable bonds is 7. The van der Waals surface area contributed by atoms with Crippen molar-refractivity contribution in [2.75, 3.05) is 18.5 Å². The van der Waals surface area contributed by atoms with E-state index in [9.17, 15) is 23.1 Å². The van der Waals surface area contributed by atoms with Crippen LogP contribution in [0.4, 0.5) is 18.9 Å². The first-order valence-electron chi connectivity index (χ1n) is 10.4. The number of amides is 1. The van der Waals surface area contributed by atoms with E-state index < -0.39 is 30.4 Å². The molecule has 182 valence electrons. The van der Waals surface area contributed by atoms with Crippen LogP contribution < -0.4 is 10.1 Å². The molecule has 4 aromatic rings. The Bertz CT molecular complexity index is 1370. The van der Waals surface area contributed by atoms with Gasteiger partial charge < -0.3 is 20.3 Å². The van der Waals surface area contributed by atoms with Crippen molar-refractivity contribution in [1.29, 1.82) is 0 Å². The zero-order chi connectivity index (χ0) is 25.2. The maximum Gasteiger partial charge on any atom is 0.417 e. The number of aromatic nitrogens is 4. The molecule has 0 radical (unpaired) electrons. The lowest BCUT2D eigenvalue weighted by Crippen LogP contribution is -2.22. The van der Waals surface area contributed by atoms with Crippen molar-refractivity contribution in [2.45, 2.75) is 19.2 Å². The number of halogens is 3. The molecule has 1 atom stereocenters. The third-order valence-corrected chi connectivity index (χ3v) is 4.93. The summed E-state index contributed by atoms with van der Waals surface area (Å²) in [6.45, 7) is 0.997. The highest BCUT2D eigenvalue weighted by molar-refractivity contribution is 6.03. The third-order valence-electron chi connectivity index (χ3n) is 4.93. The van der Waals surface area contributed by atoms with E-state index in [2.05, 4.69) is 20.4 Å². The number of aliphatic hydroxyl groups excluding tert-OH is 2. The molecule has 3 N–H and O–H groups in total. The van der Waals surface area contributed by atoms with E-state index in [4.69, 9.17) is 9.84 Å². The van der Waals surface area contributed by atoms with Crippen LogP contribution in [0, 0.1) is 6.92 Å². The molecule has 0 aliphatic heterocycles. The fourth-order valence-electron chi connectivity index (χ4n) is 3.34. The highest BCUT2D eigenvalue weighted by Crippen LogP contribution is 2.36. The molecule has 0 unspecified atom stereocenters. The number of imidazole rings is 1. The van der Waals surface area contributed by atoms with Crippen LogP contribution >= 0.6 is 0 Å². The molecule has 3 heterocycles. The maximum atomic E-state index is 13.5. The minimum Gasteiger partial charge on any atom is -0.475 e. The standard InChI is InChI=1S/C23H20F3N5O4/c1-13-8-14(9-21(28-13)35-12-15(33)11-32)29-22(34)19-10-27-20-7-6-18(30-31(19)20)16-4-2-3-5-17(16)23(24,25)26/h2-10,15,32-33H,11-12H2,1H3,(H,28,29,34)/t15-/m0/s1. The summed E-state index contributed by atoms with van der Waals surface area (Å²) in [7, 11) is 0. The van der Waals surface area contributed by atoms with Crippen LogP contribution in [-0.2, 0) is 6.18 Å². The highest BCUT2D eigenvalue weighted by atomic mass is 19.4. The molecule has 9 nitrogen and oxygen atoms in total. The number of hydrogen-bond acceptors (Lipinski definition) is 7. The number of pyridine rings is 1. The summed E-state index contributed by atoms with van der Waals surface area (Å²) in [6, 6.07) is 10.9. The van der Waals surface area contributed by atoms with E-state index in [-0.39, 0.29) is 35.1 Å². The smallest absolute Gasteiger partial charge is 0.417 e. The quantitative estimate of drug-likeness (QED) is 0.366. The summed E-state index contributed by atoms with van der Waals surface area (Å²) in [5, 5.41) is 25.2. The van der Waals surface area contributed by atoms with Crippen LogP contribution in [-0.4, -0.2) is 55.0 Å². The Hall–Kier alpha value is -4.03. The first-order valence-corrected chi connectivity index (χ1v) is 10.4. The van der Waals surface area contributed by atoms with E-state index in [1.54, 1.807) is 13.0 Å². The van der Waals surface area contributed by atoms with Gasteiger partial charge in [-0.3, -0.25) is 4.79 Å². The number of alkyl halides is 3. The van der Waals surface area contributed by atoms with Gasteiger partial charge in [-0.1, -0.05) is 18.2 Å². The second-order valence-electron chi connectivity index (χ2n) is 7.61. The van der Waals surface area contributed by atoms with E-state index in [0.717, 1.165) is 6.07 Å². The molecular weight excluding hydrogens is 467 g/mol. The number of benzene rings is 1. The number of aryl methyl sites for hydroxylation is 1. The van der Waals surface area contributed by atoms with Gasteiger partial charge in [-0.05, 0) is 31.2 Å². The van der Waals surface area contributed by atoms with Crippen LogP contribution in [0.5, 0.6) is 5.88 Å². The molecule has 3 aromatic heterocycles. The zero-order valence-electron chi connectivity index (χ0n) is 18.3. The number of fused-ring (bicyclic) bond motifs is 1. The first-order chi connectivity index (χ1) is 16.7. The van der Waals surface area contributed by atoms with Crippen molar-refractivity contribution in [1.82, 2.24) is 19.6 Å². The number of carbonyl (C=O) groups is 1. The normalized spacial score (nSPS) is 12.5. The fraction of sp³-hybridized carbons (Fsp3) is 0.217. The van der Waals surface area contributed by atoms with Crippen LogP contribution in [0.1, 0.15) is 21.7 Å². The minimum absolute atomic E-state index is 0.000948.